The zero-order chi connectivity index (χ0) is 10.2. The molecule has 0 aromatic heterocycles. The summed E-state index contributed by atoms with van der Waals surface area (Å²) in [4.78, 5) is 0. The Labute approximate surface area is 79.4 Å². The van der Waals surface area contributed by atoms with Crippen LogP contribution in [0.2, 0.25) is 0 Å². The molecule has 72 valence electrons. The van der Waals surface area contributed by atoms with E-state index in [0.717, 1.165) is 22.3 Å². The number of phenolic OH excluding ortho intramolecular Hbond substituents is 1. The van der Waals surface area contributed by atoms with Crippen LogP contribution in [0.25, 0.3) is 0 Å². The number of rotatable bonds is 1. The Kier molecular flexibility index (Phi) is 2.62. The van der Waals surface area contributed by atoms with Gasteiger partial charge in [0.1, 0.15) is 5.75 Å². The smallest absolute Gasteiger partial charge is 0.123 e. The molecule has 1 atom stereocenters. The molecule has 0 aliphatic carbocycles. The van der Waals surface area contributed by atoms with Crippen LogP contribution in [0.5, 0.6) is 5.75 Å². The maximum Gasteiger partial charge on any atom is 0.123 e. The number of aryl methyl sites for hydroxylation is 2. The second-order valence-electron chi connectivity index (χ2n) is 3.69. The fourth-order valence-electron chi connectivity index (χ4n) is 1.66. The maximum atomic E-state index is 9.85. The first-order chi connectivity index (χ1) is 5.95. The Morgan fingerprint density at radius 3 is 2.23 bits per heavy atom. The normalized spacial score (nSPS) is 13.0. The van der Waals surface area contributed by atoms with Crippen molar-refractivity contribution in [1.29, 1.82) is 0 Å². The van der Waals surface area contributed by atoms with Gasteiger partial charge in [-0.2, -0.15) is 0 Å². The van der Waals surface area contributed by atoms with E-state index < -0.39 is 0 Å². The predicted molar refractivity (Wildman–Crippen MR) is 54.9 cm³/mol. The molecule has 0 radical (unpaired) electrons. The molecule has 1 aromatic rings. The van der Waals surface area contributed by atoms with E-state index in [2.05, 4.69) is 6.07 Å². The zero-order valence-corrected chi connectivity index (χ0v) is 8.68. The molecule has 3 N–H and O–H groups in total. The first-order valence-electron chi connectivity index (χ1n) is 4.50. The first-order valence-corrected chi connectivity index (χ1v) is 4.50. The minimum absolute atomic E-state index is 0.112. The summed E-state index contributed by atoms with van der Waals surface area (Å²) in [6, 6.07) is 1.95. The fourth-order valence-corrected chi connectivity index (χ4v) is 1.66. The zero-order valence-electron chi connectivity index (χ0n) is 8.68. The molecule has 0 saturated heterocycles. The van der Waals surface area contributed by atoms with Gasteiger partial charge in [-0.05, 0) is 44.4 Å². The second kappa shape index (κ2) is 3.38. The third kappa shape index (κ3) is 1.68. The molecule has 0 spiro atoms. The van der Waals surface area contributed by atoms with Gasteiger partial charge in [0.05, 0.1) is 0 Å². The van der Waals surface area contributed by atoms with E-state index in [1.165, 1.54) is 0 Å². The van der Waals surface area contributed by atoms with Gasteiger partial charge in [0, 0.05) is 11.6 Å². The predicted octanol–water partition coefficient (Wildman–Crippen LogP) is 2.34. The molecule has 0 bridgehead atoms. The minimum atomic E-state index is -0.112. The number of aromatic hydroxyl groups is 1. The Balaban J connectivity index is 3.44. The van der Waals surface area contributed by atoms with Crippen molar-refractivity contribution in [2.24, 2.45) is 5.73 Å². The summed E-state index contributed by atoms with van der Waals surface area (Å²) in [5.41, 5.74) is 9.74. The minimum Gasteiger partial charge on any atom is -0.507 e. The van der Waals surface area contributed by atoms with E-state index in [4.69, 9.17) is 5.73 Å². The molecule has 1 unspecified atom stereocenters. The highest BCUT2D eigenvalue weighted by Crippen LogP contribution is 2.31. The highest BCUT2D eigenvalue weighted by Gasteiger charge is 2.13. The molecule has 0 fully saturated rings. The van der Waals surface area contributed by atoms with Crippen LogP contribution in [-0.2, 0) is 0 Å². The molecule has 13 heavy (non-hydrogen) atoms. The summed E-state index contributed by atoms with van der Waals surface area (Å²) < 4.78 is 0. The van der Waals surface area contributed by atoms with Crippen LogP contribution in [0.1, 0.15) is 35.2 Å². The summed E-state index contributed by atoms with van der Waals surface area (Å²) in [6.45, 7) is 7.77. The standard InChI is InChI=1S/C11H17NO/c1-6-5-7(2)10(9(4)12)11(13)8(6)3/h5,9,13H,12H2,1-4H3. The average molecular weight is 179 g/mol. The Morgan fingerprint density at radius 2 is 1.77 bits per heavy atom. The SMILES string of the molecule is Cc1cc(C)c(C(C)N)c(O)c1C. The van der Waals surface area contributed by atoms with Crippen molar-refractivity contribution in [2.45, 2.75) is 33.7 Å². The number of nitrogens with two attached hydrogens (primary N) is 1. The van der Waals surface area contributed by atoms with E-state index >= 15 is 0 Å². The average Bonchev–Trinajstić information content (AvgIpc) is 1.99. The van der Waals surface area contributed by atoms with Gasteiger partial charge < -0.3 is 10.8 Å². The Morgan fingerprint density at radius 1 is 1.23 bits per heavy atom. The number of hydrogen-bond donors (Lipinski definition) is 2. The molecule has 1 rings (SSSR count). The summed E-state index contributed by atoms with van der Waals surface area (Å²) in [6.07, 6.45) is 0. The number of phenols is 1. The monoisotopic (exact) mass is 179 g/mol. The van der Waals surface area contributed by atoms with E-state index in [0.29, 0.717) is 5.75 Å². The fraction of sp³-hybridized carbons (Fsp3) is 0.455. The Hall–Kier alpha value is -1.02. The molecule has 0 aliphatic heterocycles. The van der Waals surface area contributed by atoms with Crippen LogP contribution in [0.4, 0.5) is 0 Å². The molecule has 2 nitrogen and oxygen atoms in total. The molecule has 0 amide bonds. The molecule has 2 heteroatoms. The van der Waals surface area contributed by atoms with Crippen molar-refractivity contribution in [3.63, 3.8) is 0 Å². The van der Waals surface area contributed by atoms with Gasteiger partial charge in [0.25, 0.3) is 0 Å². The summed E-state index contributed by atoms with van der Waals surface area (Å²) in [5.74, 6) is 0.354. The van der Waals surface area contributed by atoms with Crippen molar-refractivity contribution in [3.8, 4) is 5.75 Å². The van der Waals surface area contributed by atoms with Crippen LogP contribution in [0.15, 0.2) is 6.07 Å². The number of hydrogen-bond acceptors (Lipinski definition) is 2. The van der Waals surface area contributed by atoms with Gasteiger partial charge in [-0.3, -0.25) is 0 Å². The summed E-state index contributed by atoms with van der Waals surface area (Å²) >= 11 is 0. The molecular weight excluding hydrogens is 162 g/mol. The van der Waals surface area contributed by atoms with Gasteiger partial charge in [-0.15, -0.1) is 0 Å². The largest absolute Gasteiger partial charge is 0.507 e. The topological polar surface area (TPSA) is 46.2 Å². The summed E-state index contributed by atoms with van der Waals surface area (Å²) in [5, 5.41) is 9.85. The lowest BCUT2D eigenvalue weighted by Crippen LogP contribution is -2.08. The lowest BCUT2D eigenvalue weighted by atomic mass is 9.95. The highest BCUT2D eigenvalue weighted by molar-refractivity contribution is 5.49. The van der Waals surface area contributed by atoms with Crippen molar-refractivity contribution in [1.82, 2.24) is 0 Å². The quantitative estimate of drug-likeness (QED) is 0.695. The first kappa shape index (κ1) is 10.1. The second-order valence-corrected chi connectivity index (χ2v) is 3.69. The van der Waals surface area contributed by atoms with E-state index in [-0.39, 0.29) is 6.04 Å². The van der Waals surface area contributed by atoms with Crippen molar-refractivity contribution in [2.75, 3.05) is 0 Å². The van der Waals surface area contributed by atoms with Crippen LogP contribution >= 0.6 is 0 Å². The van der Waals surface area contributed by atoms with E-state index in [1.54, 1.807) is 0 Å². The van der Waals surface area contributed by atoms with Crippen LogP contribution < -0.4 is 5.73 Å². The van der Waals surface area contributed by atoms with Gasteiger partial charge in [-0.1, -0.05) is 6.07 Å². The van der Waals surface area contributed by atoms with Gasteiger partial charge >= 0.3 is 0 Å². The van der Waals surface area contributed by atoms with Gasteiger partial charge in [-0.25, -0.2) is 0 Å². The number of benzene rings is 1. The van der Waals surface area contributed by atoms with Crippen LogP contribution in [0, 0.1) is 20.8 Å². The summed E-state index contributed by atoms with van der Waals surface area (Å²) in [7, 11) is 0. The van der Waals surface area contributed by atoms with Gasteiger partial charge in [0.15, 0.2) is 0 Å². The maximum absolute atomic E-state index is 9.85. The van der Waals surface area contributed by atoms with Crippen LogP contribution in [-0.4, -0.2) is 5.11 Å². The van der Waals surface area contributed by atoms with Crippen LogP contribution in [0.3, 0.4) is 0 Å². The molecule has 0 heterocycles. The lowest BCUT2D eigenvalue weighted by molar-refractivity contribution is 0.458. The van der Waals surface area contributed by atoms with Crippen molar-refractivity contribution >= 4 is 0 Å². The molecule has 0 saturated carbocycles. The van der Waals surface area contributed by atoms with Crippen molar-refractivity contribution in [3.05, 3.63) is 28.3 Å². The Bertz CT molecular complexity index is 329. The lowest BCUT2D eigenvalue weighted by Gasteiger charge is -2.15. The molecular formula is C11H17NO. The third-order valence-electron chi connectivity index (χ3n) is 2.52. The van der Waals surface area contributed by atoms with Gasteiger partial charge in [0.2, 0.25) is 0 Å². The third-order valence-corrected chi connectivity index (χ3v) is 2.52. The van der Waals surface area contributed by atoms with Crippen molar-refractivity contribution < 1.29 is 5.11 Å². The molecule has 0 aliphatic rings. The van der Waals surface area contributed by atoms with E-state index in [1.807, 2.05) is 27.7 Å². The molecule has 1 aromatic carbocycles. The van der Waals surface area contributed by atoms with E-state index in [9.17, 15) is 5.11 Å². The highest BCUT2D eigenvalue weighted by atomic mass is 16.3.